The maximum absolute atomic E-state index is 12.5. The zero-order chi connectivity index (χ0) is 17.4. The molecular formula is C16H18N6O3. The topological polar surface area (TPSA) is 89.5 Å². The Balaban J connectivity index is 1.44. The predicted molar refractivity (Wildman–Crippen MR) is 89.7 cm³/mol. The Morgan fingerprint density at radius 3 is 2.60 bits per heavy atom. The molecule has 0 N–H and O–H groups in total. The van der Waals surface area contributed by atoms with E-state index in [-0.39, 0.29) is 11.7 Å². The third kappa shape index (κ3) is 2.77. The average Bonchev–Trinajstić information content (AvgIpc) is 3.24. The van der Waals surface area contributed by atoms with E-state index < -0.39 is 0 Å². The molecule has 130 valence electrons. The number of rotatable bonds is 3. The number of amides is 1. The first-order valence-corrected chi connectivity index (χ1v) is 8.00. The lowest BCUT2D eigenvalue weighted by molar-refractivity contribution is 0.0732. The largest absolute Gasteiger partial charge is 0.467 e. The number of hydrogen-bond donors (Lipinski definition) is 0. The van der Waals surface area contributed by atoms with E-state index in [9.17, 15) is 4.79 Å². The van der Waals surface area contributed by atoms with E-state index in [1.807, 2.05) is 29.2 Å². The third-order valence-electron chi connectivity index (χ3n) is 4.22. The quantitative estimate of drug-likeness (QED) is 0.699. The van der Waals surface area contributed by atoms with Crippen molar-refractivity contribution in [1.29, 1.82) is 0 Å². The fourth-order valence-electron chi connectivity index (χ4n) is 2.88. The third-order valence-corrected chi connectivity index (χ3v) is 4.22. The fraction of sp³-hybridized carbons (Fsp3) is 0.375. The molecule has 1 aromatic carbocycles. The van der Waals surface area contributed by atoms with Crippen LogP contribution in [-0.4, -0.2) is 63.8 Å². The van der Waals surface area contributed by atoms with Gasteiger partial charge in [-0.05, 0) is 12.1 Å². The van der Waals surface area contributed by atoms with Crippen molar-refractivity contribution in [1.82, 2.24) is 24.6 Å². The van der Waals surface area contributed by atoms with Crippen LogP contribution >= 0.6 is 0 Å². The molecule has 0 atom stereocenters. The van der Waals surface area contributed by atoms with Gasteiger partial charge in [-0.3, -0.25) is 4.79 Å². The normalized spacial score (nSPS) is 15.0. The van der Waals surface area contributed by atoms with Crippen LogP contribution in [0.4, 0.5) is 6.01 Å². The van der Waals surface area contributed by atoms with Gasteiger partial charge in [0.1, 0.15) is 5.52 Å². The maximum Gasteiger partial charge on any atom is 0.314 e. The summed E-state index contributed by atoms with van der Waals surface area (Å²) in [6, 6.07) is 8.56. The van der Waals surface area contributed by atoms with E-state index in [4.69, 9.17) is 9.15 Å². The van der Waals surface area contributed by atoms with Crippen LogP contribution < -0.4 is 9.64 Å². The highest BCUT2D eigenvalue weighted by Gasteiger charge is 2.27. The summed E-state index contributed by atoms with van der Waals surface area (Å²) in [4.78, 5) is 24.9. The second-order valence-corrected chi connectivity index (χ2v) is 5.79. The van der Waals surface area contributed by atoms with Crippen molar-refractivity contribution in [3.63, 3.8) is 0 Å². The van der Waals surface area contributed by atoms with Crippen LogP contribution in [0.25, 0.3) is 11.1 Å². The first kappa shape index (κ1) is 15.4. The summed E-state index contributed by atoms with van der Waals surface area (Å²) in [5.74, 6) is -0.0502. The smallest absolute Gasteiger partial charge is 0.314 e. The van der Waals surface area contributed by atoms with Crippen molar-refractivity contribution in [2.75, 3.05) is 38.2 Å². The van der Waals surface area contributed by atoms with E-state index in [1.54, 1.807) is 11.9 Å². The minimum atomic E-state index is -0.198. The second-order valence-electron chi connectivity index (χ2n) is 5.79. The lowest BCUT2D eigenvalue weighted by Gasteiger charge is -2.33. The predicted octanol–water partition coefficient (Wildman–Crippen LogP) is 0.927. The number of ether oxygens (including phenoxy) is 1. The summed E-state index contributed by atoms with van der Waals surface area (Å²) >= 11 is 0. The molecule has 9 heteroatoms. The van der Waals surface area contributed by atoms with Gasteiger partial charge >= 0.3 is 6.01 Å². The molecule has 0 aliphatic carbocycles. The highest BCUT2D eigenvalue weighted by Crippen LogP contribution is 2.22. The second kappa shape index (κ2) is 6.08. The summed E-state index contributed by atoms with van der Waals surface area (Å²) in [6.07, 6.45) is 0. The molecule has 3 aromatic rings. The highest BCUT2D eigenvalue weighted by atomic mass is 16.5. The van der Waals surface area contributed by atoms with Crippen LogP contribution in [0.1, 0.15) is 10.6 Å². The van der Waals surface area contributed by atoms with Crippen molar-refractivity contribution >= 4 is 23.0 Å². The first-order valence-electron chi connectivity index (χ1n) is 8.00. The van der Waals surface area contributed by atoms with Crippen LogP contribution in [0.15, 0.2) is 28.7 Å². The van der Waals surface area contributed by atoms with Crippen LogP contribution in [0.5, 0.6) is 6.01 Å². The van der Waals surface area contributed by atoms with E-state index in [0.717, 1.165) is 11.1 Å². The zero-order valence-electron chi connectivity index (χ0n) is 14.0. The Bertz CT molecular complexity index is 877. The molecule has 0 radical (unpaired) electrons. The zero-order valence-corrected chi connectivity index (χ0v) is 14.0. The SMILES string of the molecule is COc1nc(C(=O)N2CCN(c3nc4ccccc4o3)CC2)nn1C. The molecule has 25 heavy (non-hydrogen) atoms. The van der Waals surface area contributed by atoms with Crippen LogP contribution in [0.3, 0.4) is 0 Å². The van der Waals surface area contributed by atoms with Crippen molar-refractivity contribution in [3.05, 3.63) is 30.1 Å². The number of aryl methyl sites for hydroxylation is 1. The monoisotopic (exact) mass is 342 g/mol. The summed E-state index contributed by atoms with van der Waals surface area (Å²) in [5.41, 5.74) is 1.60. The molecule has 3 heterocycles. The summed E-state index contributed by atoms with van der Waals surface area (Å²) in [5, 5.41) is 4.11. The number of hydrogen-bond acceptors (Lipinski definition) is 7. The van der Waals surface area contributed by atoms with Gasteiger partial charge in [-0.1, -0.05) is 12.1 Å². The number of aromatic nitrogens is 4. The molecule has 0 spiro atoms. The highest BCUT2D eigenvalue weighted by molar-refractivity contribution is 5.90. The van der Waals surface area contributed by atoms with E-state index >= 15 is 0 Å². The lowest BCUT2D eigenvalue weighted by Crippen LogP contribution is -2.49. The number of fused-ring (bicyclic) bond motifs is 1. The number of carbonyl (C=O) groups excluding carboxylic acids is 1. The Morgan fingerprint density at radius 1 is 1.16 bits per heavy atom. The van der Waals surface area contributed by atoms with Gasteiger partial charge in [0.05, 0.1) is 7.11 Å². The first-order chi connectivity index (χ1) is 12.2. The number of methoxy groups -OCH3 is 1. The van der Waals surface area contributed by atoms with Gasteiger partial charge in [-0.2, -0.15) is 9.97 Å². The Kier molecular flexibility index (Phi) is 3.75. The van der Waals surface area contributed by atoms with Gasteiger partial charge in [0.2, 0.25) is 5.82 Å². The molecule has 1 saturated heterocycles. The molecule has 1 fully saturated rings. The van der Waals surface area contributed by atoms with E-state index in [2.05, 4.69) is 15.1 Å². The van der Waals surface area contributed by atoms with Gasteiger partial charge in [-0.15, -0.1) is 5.10 Å². The number of carbonyl (C=O) groups is 1. The molecule has 0 saturated carbocycles. The molecule has 9 nitrogen and oxygen atoms in total. The van der Waals surface area contributed by atoms with Gasteiger partial charge in [0.25, 0.3) is 11.9 Å². The number of anilines is 1. The number of piperazine rings is 1. The Hall–Kier alpha value is -3.10. The molecule has 1 aliphatic heterocycles. The molecule has 2 aromatic heterocycles. The van der Waals surface area contributed by atoms with Crippen molar-refractivity contribution < 1.29 is 13.9 Å². The molecule has 0 bridgehead atoms. The summed E-state index contributed by atoms with van der Waals surface area (Å²) in [7, 11) is 3.19. The molecule has 1 aliphatic rings. The Labute approximate surface area is 143 Å². The Morgan fingerprint density at radius 2 is 1.92 bits per heavy atom. The summed E-state index contributed by atoms with van der Waals surface area (Å²) < 4.78 is 12.3. The lowest BCUT2D eigenvalue weighted by atomic mass is 10.3. The number of para-hydroxylation sites is 2. The van der Waals surface area contributed by atoms with Gasteiger partial charge in [0, 0.05) is 33.2 Å². The minimum absolute atomic E-state index is 0.148. The summed E-state index contributed by atoms with van der Waals surface area (Å²) in [6.45, 7) is 2.39. The van der Waals surface area contributed by atoms with Crippen molar-refractivity contribution in [3.8, 4) is 6.01 Å². The van der Waals surface area contributed by atoms with Crippen LogP contribution in [0, 0.1) is 0 Å². The van der Waals surface area contributed by atoms with Crippen molar-refractivity contribution in [2.45, 2.75) is 0 Å². The van der Waals surface area contributed by atoms with Crippen LogP contribution in [0.2, 0.25) is 0 Å². The maximum atomic E-state index is 12.5. The minimum Gasteiger partial charge on any atom is -0.467 e. The molecular weight excluding hydrogens is 324 g/mol. The standard InChI is InChI=1S/C16H18N6O3/c1-20-15(24-2)18-13(19-20)14(23)21-7-9-22(10-8-21)16-17-11-5-3-4-6-12(11)25-16/h3-6H,7-10H2,1-2H3. The van der Waals surface area contributed by atoms with Crippen molar-refractivity contribution in [2.24, 2.45) is 7.05 Å². The fourth-order valence-corrected chi connectivity index (χ4v) is 2.88. The van der Waals surface area contributed by atoms with Crippen LogP contribution in [-0.2, 0) is 7.05 Å². The van der Waals surface area contributed by atoms with E-state index in [0.29, 0.717) is 38.2 Å². The molecule has 0 unspecified atom stereocenters. The van der Waals surface area contributed by atoms with E-state index in [1.165, 1.54) is 11.8 Å². The molecule has 1 amide bonds. The molecule has 4 rings (SSSR count). The van der Waals surface area contributed by atoms with Gasteiger partial charge < -0.3 is 19.0 Å². The number of benzene rings is 1. The van der Waals surface area contributed by atoms with Gasteiger partial charge in [-0.25, -0.2) is 4.68 Å². The number of oxazole rings is 1. The number of nitrogens with zero attached hydrogens (tertiary/aromatic N) is 6. The van der Waals surface area contributed by atoms with Gasteiger partial charge in [0.15, 0.2) is 5.58 Å². The average molecular weight is 342 g/mol.